The molecule has 0 aliphatic carbocycles. The first-order valence-electron chi connectivity index (χ1n) is 5.67. The first-order chi connectivity index (χ1) is 7.54. The number of aliphatic hydroxyl groups excluding tert-OH is 2. The van der Waals surface area contributed by atoms with Crippen LogP contribution in [-0.2, 0) is 4.74 Å². The third-order valence-electron chi connectivity index (χ3n) is 2.87. The van der Waals surface area contributed by atoms with Gasteiger partial charge in [-0.15, -0.1) is 0 Å². The van der Waals surface area contributed by atoms with E-state index >= 15 is 0 Å². The van der Waals surface area contributed by atoms with Crippen molar-refractivity contribution in [2.45, 2.75) is 51.0 Å². The van der Waals surface area contributed by atoms with Crippen molar-refractivity contribution in [1.29, 1.82) is 0 Å². The van der Waals surface area contributed by atoms with Gasteiger partial charge in [0, 0.05) is 0 Å². The van der Waals surface area contributed by atoms with Gasteiger partial charge in [0.1, 0.15) is 5.60 Å². The van der Waals surface area contributed by atoms with E-state index in [-0.39, 0.29) is 13.1 Å². The quantitative estimate of drug-likeness (QED) is 0.544. The van der Waals surface area contributed by atoms with E-state index in [4.69, 9.17) is 10.5 Å². The molecular formula is C11H22N2O4. The minimum absolute atomic E-state index is 0.0684. The number of ether oxygens (including phenoxy) is 1. The summed E-state index contributed by atoms with van der Waals surface area (Å²) in [6.07, 6.45) is -2.50. The summed E-state index contributed by atoms with van der Waals surface area (Å²) in [5.74, 6) is 0. The molecule has 0 aromatic carbocycles. The zero-order valence-corrected chi connectivity index (χ0v) is 10.8. The van der Waals surface area contributed by atoms with Gasteiger partial charge in [-0.1, -0.05) is 0 Å². The topological polar surface area (TPSA) is 96.0 Å². The monoisotopic (exact) mass is 246 g/mol. The van der Waals surface area contributed by atoms with Gasteiger partial charge in [0.05, 0.1) is 30.8 Å². The molecule has 3 atom stereocenters. The van der Waals surface area contributed by atoms with Crippen molar-refractivity contribution in [3.05, 3.63) is 0 Å². The van der Waals surface area contributed by atoms with Crippen LogP contribution in [0.2, 0.25) is 0 Å². The smallest absolute Gasteiger partial charge is 0.410 e. The fraction of sp³-hybridized carbons (Fsp3) is 0.909. The molecule has 1 aliphatic rings. The Balaban J connectivity index is 2.68. The zero-order chi connectivity index (χ0) is 13.4. The SMILES string of the molecule is CC(C)(C)OC(=O)N1C[C@@H](O)C(C)(N)[C@@H](O)C1. The Bertz CT molecular complexity index is 284. The highest BCUT2D eigenvalue weighted by molar-refractivity contribution is 5.68. The van der Waals surface area contributed by atoms with Crippen LogP contribution in [0.3, 0.4) is 0 Å². The van der Waals surface area contributed by atoms with E-state index in [2.05, 4.69) is 0 Å². The van der Waals surface area contributed by atoms with Gasteiger partial charge in [0.25, 0.3) is 0 Å². The molecule has 1 aliphatic heterocycles. The van der Waals surface area contributed by atoms with Gasteiger partial charge in [-0.2, -0.15) is 0 Å². The zero-order valence-electron chi connectivity index (χ0n) is 10.8. The van der Waals surface area contributed by atoms with E-state index in [1.54, 1.807) is 27.7 Å². The summed E-state index contributed by atoms with van der Waals surface area (Å²) in [6.45, 7) is 6.98. The number of aliphatic hydroxyl groups is 2. The summed E-state index contributed by atoms with van der Waals surface area (Å²) in [5.41, 5.74) is 4.08. The fourth-order valence-corrected chi connectivity index (χ4v) is 1.58. The molecule has 17 heavy (non-hydrogen) atoms. The van der Waals surface area contributed by atoms with Gasteiger partial charge >= 0.3 is 6.09 Å². The molecule has 1 heterocycles. The van der Waals surface area contributed by atoms with Gasteiger partial charge in [0.2, 0.25) is 0 Å². The molecule has 0 radical (unpaired) electrons. The number of carbonyl (C=O) groups is 1. The van der Waals surface area contributed by atoms with Crippen LogP contribution in [0.15, 0.2) is 0 Å². The van der Waals surface area contributed by atoms with Gasteiger partial charge in [-0.25, -0.2) is 4.79 Å². The molecule has 4 N–H and O–H groups in total. The van der Waals surface area contributed by atoms with Crippen molar-refractivity contribution in [3.63, 3.8) is 0 Å². The second-order valence-corrected chi connectivity index (χ2v) is 5.78. The lowest BCUT2D eigenvalue weighted by molar-refractivity contribution is -0.0736. The maximum atomic E-state index is 11.8. The second kappa shape index (κ2) is 4.44. The van der Waals surface area contributed by atoms with Crippen LogP contribution in [0, 0.1) is 0 Å². The maximum Gasteiger partial charge on any atom is 0.410 e. The molecule has 1 unspecified atom stereocenters. The molecule has 6 heteroatoms. The Kier molecular flexibility index (Phi) is 3.71. The number of likely N-dealkylation sites (tertiary alicyclic amines) is 1. The number of β-amino-alcohol motifs (C(OH)–C–C–N with tert-alkyl or cyclic N) is 2. The highest BCUT2D eigenvalue weighted by atomic mass is 16.6. The van der Waals surface area contributed by atoms with Crippen LogP contribution >= 0.6 is 0 Å². The number of nitrogens with two attached hydrogens (primary N) is 1. The van der Waals surface area contributed by atoms with Crippen LogP contribution in [0.5, 0.6) is 0 Å². The van der Waals surface area contributed by atoms with Crippen molar-refractivity contribution >= 4 is 6.09 Å². The Morgan fingerprint density at radius 3 is 2.12 bits per heavy atom. The Hall–Kier alpha value is -0.850. The Labute approximate surface area is 101 Å². The molecule has 1 amide bonds. The number of piperidine rings is 1. The average Bonchev–Trinajstić information content (AvgIpc) is 2.11. The summed E-state index contributed by atoms with van der Waals surface area (Å²) >= 11 is 0. The first kappa shape index (κ1) is 14.2. The summed E-state index contributed by atoms with van der Waals surface area (Å²) in [6, 6.07) is 0. The standard InChI is InChI=1S/C11H22N2O4/c1-10(2,3)17-9(16)13-5-7(14)11(4,12)8(15)6-13/h7-8,14-15H,5-6,12H2,1-4H3/t7-,8+,11?. The van der Waals surface area contributed by atoms with Gasteiger partial charge in [-0.3, -0.25) is 0 Å². The molecule has 100 valence electrons. The molecule has 0 spiro atoms. The third kappa shape index (κ3) is 3.31. The number of amides is 1. The van der Waals surface area contributed by atoms with Crippen LogP contribution in [0.25, 0.3) is 0 Å². The van der Waals surface area contributed by atoms with Gasteiger partial charge in [0.15, 0.2) is 0 Å². The highest BCUT2D eigenvalue weighted by Crippen LogP contribution is 2.22. The van der Waals surface area contributed by atoms with E-state index in [1.165, 1.54) is 4.90 Å². The van der Waals surface area contributed by atoms with Crippen LogP contribution in [0.4, 0.5) is 4.79 Å². The number of hydrogen-bond donors (Lipinski definition) is 3. The average molecular weight is 246 g/mol. The molecule has 0 aromatic rings. The summed E-state index contributed by atoms with van der Waals surface area (Å²) in [4.78, 5) is 13.0. The van der Waals surface area contributed by atoms with Crippen molar-refractivity contribution in [3.8, 4) is 0 Å². The summed E-state index contributed by atoms with van der Waals surface area (Å²) < 4.78 is 5.17. The molecule has 1 saturated heterocycles. The van der Waals surface area contributed by atoms with E-state index in [0.717, 1.165) is 0 Å². The molecule has 0 aromatic heterocycles. The van der Waals surface area contributed by atoms with Gasteiger partial charge < -0.3 is 25.6 Å². The summed E-state index contributed by atoms with van der Waals surface area (Å²) in [7, 11) is 0. The Morgan fingerprint density at radius 1 is 1.35 bits per heavy atom. The largest absolute Gasteiger partial charge is 0.444 e. The lowest BCUT2D eigenvalue weighted by Crippen LogP contribution is -2.68. The van der Waals surface area contributed by atoms with Crippen molar-refractivity contribution in [2.75, 3.05) is 13.1 Å². The summed E-state index contributed by atoms with van der Waals surface area (Å²) in [5, 5.41) is 19.6. The predicted octanol–water partition coefficient (Wildman–Crippen LogP) is -0.324. The number of rotatable bonds is 0. The number of nitrogens with zero attached hydrogens (tertiary/aromatic N) is 1. The van der Waals surface area contributed by atoms with E-state index in [1.807, 2.05) is 0 Å². The van der Waals surface area contributed by atoms with Crippen LogP contribution in [0.1, 0.15) is 27.7 Å². The molecular weight excluding hydrogens is 224 g/mol. The minimum atomic E-state index is -1.10. The number of hydrogen-bond acceptors (Lipinski definition) is 5. The highest BCUT2D eigenvalue weighted by Gasteiger charge is 2.44. The number of carbonyl (C=O) groups excluding carboxylic acids is 1. The van der Waals surface area contributed by atoms with E-state index < -0.39 is 29.4 Å². The lowest BCUT2D eigenvalue weighted by Gasteiger charge is -2.44. The normalized spacial score (nSPS) is 34.6. The molecule has 0 saturated carbocycles. The molecule has 6 nitrogen and oxygen atoms in total. The van der Waals surface area contributed by atoms with Crippen molar-refractivity contribution < 1.29 is 19.7 Å². The maximum absolute atomic E-state index is 11.8. The second-order valence-electron chi connectivity index (χ2n) is 5.78. The van der Waals surface area contributed by atoms with Crippen molar-refractivity contribution in [2.24, 2.45) is 5.73 Å². The first-order valence-corrected chi connectivity index (χ1v) is 5.67. The molecule has 1 rings (SSSR count). The molecule has 1 fully saturated rings. The third-order valence-corrected chi connectivity index (χ3v) is 2.87. The van der Waals surface area contributed by atoms with E-state index in [9.17, 15) is 15.0 Å². The van der Waals surface area contributed by atoms with Crippen molar-refractivity contribution in [1.82, 2.24) is 4.90 Å². The predicted molar refractivity (Wildman–Crippen MR) is 62.4 cm³/mol. The van der Waals surface area contributed by atoms with Crippen LogP contribution in [-0.4, -0.2) is 57.6 Å². The van der Waals surface area contributed by atoms with E-state index in [0.29, 0.717) is 0 Å². The van der Waals surface area contributed by atoms with Crippen LogP contribution < -0.4 is 5.73 Å². The molecule has 0 bridgehead atoms. The fourth-order valence-electron chi connectivity index (χ4n) is 1.58. The lowest BCUT2D eigenvalue weighted by atomic mass is 9.85. The Morgan fingerprint density at radius 2 is 1.76 bits per heavy atom. The van der Waals surface area contributed by atoms with Gasteiger partial charge in [-0.05, 0) is 27.7 Å². The minimum Gasteiger partial charge on any atom is -0.444 e.